The van der Waals surface area contributed by atoms with Gasteiger partial charge in [0.2, 0.25) is 0 Å². The molecular weight excluding hydrogens is 799 g/mol. The van der Waals surface area contributed by atoms with Gasteiger partial charge in [0.15, 0.2) is 23.0 Å². The molecule has 0 atom stereocenters. The summed E-state index contributed by atoms with van der Waals surface area (Å²) in [6, 6.07) is 40.8. The van der Waals surface area contributed by atoms with Crippen LogP contribution in [0.3, 0.4) is 0 Å². The van der Waals surface area contributed by atoms with Gasteiger partial charge >= 0.3 is 12.4 Å². The van der Waals surface area contributed by atoms with Gasteiger partial charge in [-0.2, -0.15) is 26.3 Å². The fourth-order valence-corrected chi connectivity index (χ4v) is 8.74. The Kier molecular flexibility index (Phi) is 9.50. The minimum absolute atomic E-state index is 0.493. The van der Waals surface area contributed by atoms with E-state index in [0.717, 1.165) is 29.8 Å². The summed E-state index contributed by atoms with van der Waals surface area (Å²) in [6.45, 7) is 12.3. The predicted molar refractivity (Wildman–Crippen MR) is 234 cm³/mol. The normalized spacial score (nSPS) is 13.7. The number of nitrogens with zero attached hydrogens (tertiary/aromatic N) is 2. The molecule has 0 unspecified atom stereocenters. The summed E-state index contributed by atoms with van der Waals surface area (Å²) in [6.07, 6.45) is -9.20. The molecule has 9 rings (SSSR count). The first kappa shape index (κ1) is 40.7. The molecule has 0 bridgehead atoms. The van der Waals surface area contributed by atoms with Crippen molar-refractivity contribution < 1.29 is 35.8 Å². The molecule has 0 N–H and O–H groups in total. The molecule has 2 heterocycles. The van der Waals surface area contributed by atoms with Crippen LogP contribution in [0.25, 0.3) is 22.3 Å². The molecule has 0 fully saturated rings. The SMILES string of the molecule is CC(C)(C)c1c(-c2ccc(C(F)(F)F)cc2)c(N2c3ccccc3Oc3ccccc32)c(C(C)(C)C)c(N2c3ccccc3Oc3ccccc32)c1-c1ccc(C(F)(F)F)cc1. The number of para-hydroxylation sites is 8. The van der Waals surface area contributed by atoms with Crippen molar-refractivity contribution in [3.05, 3.63) is 168 Å². The second kappa shape index (κ2) is 14.5. The van der Waals surface area contributed by atoms with Crippen molar-refractivity contribution in [3.8, 4) is 45.3 Å². The monoisotopic (exact) mass is 840 g/mol. The molecule has 0 aliphatic carbocycles. The van der Waals surface area contributed by atoms with Crippen LogP contribution < -0.4 is 19.3 Å². The molecule has 2 aliphatic heterocycles. The Balaban J connectivity index is 1.57. The van der Waals surface area contributed by atoms with Gasteiger partial charge in [0.25, 0.3) is 0 Å². The molecule has 62 heavy (non-hydrogen) atoms. The van der Waals surface area contributed by atoms with Crippen molar-refractivity contribution in [3.63, 3.8) is 0 Å². The van der Waals surface area contributed by atoms with Crippen LogP contribution >= 0.6 is 0 Å². The standard InChI is InChI=1S/C52H42F6N2O2/c1-49(2,3)45-43(31-23-27-33(28-24-31)51(53,54)55)47(59-35-15-7-11-19-39(35)61-40-20-12-8-16-36(40)59)46(50(4,5)6)48(44(45)32-25-29-34(30-26-32)52(56,57)58)60-37-17-9-13-21-41(37)62-42-22-14-10-18-38(42)60/h7-30H,1-6H3. The third kappa shape index (κ3) is 6.91. The van der Waals surface area contributed by atoms with Crippen molar-refractivity contribution in [2.75, 3.05) is 9.80 Å². The lowest BCUT2D eigenvalue weighted by molar-refractivity contribution is -0.138. The number of hydrogen-bond acceptors (Lipinski definition) is 4. The highest BCUT2D eigenvalue weighted by Crippen LogP contribution is 2.64. The molecule has 7 aromatic rings. The van der Waals surface area contributed by atoms with Gasteiger partial charge in [-0.25, -0.2) is 0 Å². The maximum Gasteiger partial charge on any atom is 0.416 e. The fourth-order valence-electron chi connectivity index (χ4n) is 8.74. The summed E-state index contributed by atoms with van der Waals surface area (Å²) in [5.41, 5.74) is 4.66. The van der Waals surface area contributed by atoms with E-state index >= 15 is 0 Å². The van der Waals surface area contributed by atoms with Crippen molar-refractivity contribution in [2.24, 2.45) is 0 Å². The largest absolute Gasteiger partial charge is 0.453 e. The van der Waals surface area contributed by atoms with E-state index in [0.29, 0.717) is 84.9 Å². The lowest BCUT2D eigenvalue weighted by Gasteiger charge is -2.45. The lowest BCUT2D eigenvalue weighted by Crippen LogP contribution is -2.29. The van der Waals surface area contributed by atoms with Crippen LogP contribution in [-0.2, 0) is 23.2 Å². The van der Waals surface area contributed by atoms with Crippen LogP contribution in [0, 0.1) is 0 Å². The van der Waals surface area contributed by atoms with Crippen LogP contribution in [0.2, 0.25) is 0 Å². The number of halogens is 6. The van der Waals surface area contributed by atoms with Gasteiger partial charge in [0, 0.05) is 16.7 Å². The van der Waals surface area contributed by atoms with Gasteiger partial charge in [-0.15, -0.1) is 0 Å². The molecule has 4 nitrogen and oxygen atoms in total. The maximum absolute atomic E-state index is 14.3. The van der Waals surface area contributed by atoms with E-state index in [-0.39, 0.29) is 0 Å². The second-order valence-electron chi connectivity index (χ2n) is 17.6. The Morgan fingerprint density at radius 2 is 0.629 bits per heavy atom. The zero-order chi connectivity index (χ0) is 43.9. The Labute approximate surface area is 356 Å². The molecule has 0 radical (unpaired) electrons. The van der Waals surface area contributed by atoms with Gasteiger partial charge in [0.1, 0.15) is 0 Å². The second-order valence-corrected chi connectivity index (χ2v) is 17.6. The quantitative estimate of drug-likeness (QED) is 0.165. The zero-order valence-electron chi connectivity index (χ0n) is 34.8. The first-order valence-electron chi connectivity index (χ1n) is 20.2. The van der Waals surface area contributed by atoms with Crippen LogP contribution in [0.1, 0.15) is 63.8 Å². The van der Waals surface area contributed by atoms with Crippen LogP contribution in [0.4, 0.5) is 60.5 Å². The average Bonchev–Trinajstić information content (AvgIpc) is 3.22. The first-order valence-corrected chi connectivity index (χ1v) is 20.2. The molecule has 2 aliphatic rings. The number of rotatable bonds is 4. The Bertz CT molecular complexity index is 2580. The number of benzene rings is 7. The lowest BCUT2D eigenvalue weighted by atomic mass is 9.70. The van der Waals surface area contributed by atoms with Crippen LogP contribution in [0.15, 0.2) is 146 Å². The fraction of sp³-hybridized carbons (Fsp3) is 0.192. The topological polar surface area (TPSA) is 24.9 Å². The average molecular weight is 841 g/mol. The third-order valence-electron chi connectivity index (χ3n) is 11.3. The van der Waals surface area contributed by atoms with Gasteiger partial charge in [-0.1, -0.05) is 114 Å². The molecule has 0 saturated heterocycles. The van der Waals surface area contributed by atoms with E-state index in [1.807, 2.05) is 118 Å². The number of anilines is 6. The highest BCUT2D eigenvalue weighted by atomic mass is 19.4. The van der Waals surface area contributed by atoms with Crippen molar-refractivity contribution in [1.82, 2.24) is 0 Å². The number of fused-ring (bicyclic) bond motifs is 4. The first-order chi connectivity index (χ1) is 29.3. The predicted octanol–water partition coefficient (Wildman–Crippen LogP) is 16.8. The van der Waals surface area contributed by atoms with Gasteiger partial charge in [-0.05, 0) is 100 Å². The van der Waals surface area contributed by atoms with Gasteiger partial charge in [-0.3, -0.25) is 0 Å². The molecule has 0 aromatic heterocycles. The molecule has 10 heteroatoms. The summed E-state index contributed by atoms with van der Waals surface area (Å²) in [5.74, 6) is 2.27. The highest BCUT2D eigenvalue weighted by molar-refractivity contribution is 6.07. The van der Waals surface area contributed by atoms with Crippen molar-refractivity contribution in [1.29, 1.82) is 0 Å². The summed E-state index contributed by atoms with van der Waals surface area (Å²) in [7, 11) is 0. The molecule has 314 valence electrons. The maximum atomic E-state index is 14.3. The minimum atomic E-state index is -4.60. The van der Waals surface area contributed by atoms with E-state index in [4.69, 9.17) is 9.47 Å². The Morgan fingerprint density at radius 3 is 0.887 bits per heavy atom. The van der Waals surface area contributed by atoms with E-state index in [1.165, 1.54) is 24.3 Å². The van der Waals surface area contributed by atoms with Gasteiger partial charge in [0.05, 0.1) is 45.3 Å². The molecule has 0 spiro atoms. The highest BCUT2D eigenvalue weighted by Gasteiger charge is 2.43. The molecular formula is C52H42F6N2O2. The summed E-state index contributed by atoms with van der Waals surface area (Å²) in [4.78, 5) is 4.27. The number of ether oxygens (including phenoxy) is 2. The number of hydrogen-bond donors (Lipinski definition) is 0. The summed E-state index contributed by atoms with van der Waals surface area (Å²) >= 11 is 0. The van der Waals surface area contributed by atoms with E-state index in [9.17, 15) is 26.3 Å². The summed E-state index contributed by atoms with van der Waals surface area (Å²) < 4.78 is 98.9. The van der Waals surface area contributed by atoms with Crippen molar-refractivity contribution >= 4 is 34.1 Å². The van der Waals surface area contributed by atoms with Crippen LogP contribution in [-0.4, -0.2) is 0 Å². The smallest absolute Gasteiger partial charge is 0.416 e. The zero-order valence-corrected chi connectivity index (χ0v) is 34.8. The Morgan fingerprint density at radius 1 is 0.355 bits per heavy atom. The molecule has 0 amide bonds. The van der Waals surface area contributed by atoms with Crippen LogP contribution in [0.5, 0.6) is 23.0 Å². The van der Waals surface area contributed by atoms with Crippen molar-refractivity contribution in [2.45, 2.75) is 64.7 Å². The molecule has 7 aromatic carbocycles. The summed E-state index contributed by atoms with van der Waals surface area (Å²) in [5, 5.41) is 0. The van der Waals surface area contributed by atoms with E-state index < -0.39 is 34.3 Å². The number of alkyl halides is 6. The van der Waals surface area contributed by atoms with E-state index in [2.05, 4.69) is 30.6 Å². The molecule has 0 saturated carbocycles. The third-order valence-corrected chi connectivity index (χ3v) is 11.3. The Hall–Kier alpha value is -6.68. The minimum Gasteiger partial charge on any atom is -0.453 e. The van der Waals surface area contributed by atoms with E-state index in [1.54, 1.807) is 0 Å². The van der Waals surface area contributed by atoms with Gasteiger partial charge < -0.3 is 19.3 Å².